The number of nitrogens with one attached hydrogen (secondary N) is 1. The average Bonchev–Trinajstić information content (AvgIpc) is 3.39. The summed E-state index contributed by atoms with van der Waals surface area (Å²) >= 11 is 7.54. The Bertz CT molecular complexity index is 1340. The highest BCUT2D eigenvalue weighted by molar-refractivity contribution is 8.27. The van der Waals surface area contributed by atoms with Gasteiger partial charge in [0.25, 0.3) is 5.91 Å². The molecule has 0 radical (unpaired) electrons. The predicted molar refractivity (Wildman–Crippen MR) is 154 cm³/mol. The van der Waals surface area contributed by atoms with Crippen molar-refractivity contribution in [1.29, 1.82) is 5.41 Å². The quantitative estimate of drug-likeness (QED) is 0.291. The van der Waals surface area contributed by atoms with Gasteiger partial charge in [-0.1, -0.05) is 43.0 Å². The lowest BCUT2D eigenvalue weighted by atomic mass is 9.90. The third-order valence-electron chi connectivity index (χ3n) is 6.64. The topological polar surface area (TPSA) is 106 Å². The molecule has 204 valence electrons. The number of methoxy groups -OCH3 is 2. The highest BCUT2D eigenvalue weighted by Gasteiger charge is 2.38. The number of amidine groups is 2. The smallest absolute Gasteiger partial charge is 0.283 e. The fourth-order valence-electron chi connectivity index (χ4n) is 4.67. The van der Waals surface area contributed by atoms with Gasteiger partial charge in [0.1, 0.15) is 24.0 Å². The van der Waals surface area contributed by atoms with Gasteiger partial charge in [0.05, 0.1) is 24.8 Å². The molecule has 3 aliphatic rings. The molecule has 2 aliphatic heterocycles. The van der Waals surface area contributed by atoms with Crippen molar-refractivity contribution in [2.45, 2.75) is 32.1 Å². The summed E-state index contributed by atoms with van der Waals surface area (Å²) in [6, 6.07) is 10.6. The molecule has 1 saturated carbocycles. The lowest BCUT2D eigenvalue weighted by Crippen LogP contribution is -2.35. The predicted octanol–water partition coefficient (Wildman–Crippen LogP) is 6.01. The van der Waals surface area contributed by atoms with Crippen LogP contribution in [0.1, 0.15) is 37.7 Å². The van der Waals surface area contributed by atoms with Crippen LogP contribution in [0.15, 0.2) is 52.1 Å². The molecule has 5 rings (SSSR count). The summed E-state index contributed by atoms with van der Waals surface area (Å²) < 4.78 is 22.7. The van der Waals surface area contributed by atoms with Gasteiger partial charge < -0.3 is 18.9 Å². The van der Waals surface area contributed by atoms with Crippen molar-refractivity contribution >= 4 is 51.4 Å². The molecule has 0 saturated heterocycles. The lowest BCUT2D eigenvalue weighted by molar-refractivity contribution is -0.114. The third-order valence-corrected chi connectivity index (χ3v) is 8.03. The maximum absolute atomic E-state index is 12.9. The Balaban J connectivity index is 1.33. The van der Waals surface area contributed by atoms with Crippen LogP contribution in [-0.2, 0) is 4.79 Å². The number of carbonyl (C=O) groups is 1. The molecule has 1 fully saturated rings. The molecule has 2 aromatic rings. The molecule has 11 heteroatoms. The molecule has 0 bridgehead atoms. The Morgan fingerprint density at radius 3 is 2.44 bits per heavy atom. The number of ether oxygens (including phenoxy) is 4. The number of fused-ring (bicyclic) bond motifs is 1. The zero-order valence-corrected chi connectivity index (χ0v) is 23.3. The molecule has 1 aliphatic carbocycles. The normalized spacial score (nSPS) is 18.5. The highest BCUT2D eigenvalue weighted by atomic mass is 35.5. The monoisotopic (exact) mass is 568 g/mol. The highest BCUT2D eigenvalue weighted by Crippen LogP contribution is 2.40. The second-order valence-electron chi connectivity index (χ2n) is 9.18. The van der Waals surface area contributed by atoms with E-state index in [1.165, 1.54) is 50.3 Å². The number of rotatable bonds is 9. The number of hydrogen-bond donors (Lipinski definition) is 1. The minimum absolute atomic E-state index is 0.00158. The zero-order valence-electron chi connectivity index (χ0n) is 21.7. The number of amides is 1. The van der Waals surface area contributed by atoms with Crippen molar-refractivity contribution < 1.29 is 23.7 Å². The van der Waals surface area contributed by atoms with E-state index in [1.807, 2.05) is 12.1 Å². The fraction of sp³-hybridized carbons (Fsp3) is 0.357. The van der Waals surface area contributed by atoms with E-state index in [2.05, 4.69) is 10.1 Å². The van der Waals surface area contributed by atoms with Crippen LogP contribution in [0.5, 0.6) is 23.0 Å². The Labute approximate surface area is 236 Å². The maximum atomic E-state index is 12.9. The number of halogens is 1. The van der Waals surface area contributed by atoms with Crippen LogP contribution in [0.3, 0.4) is 0 Å². The van der Waals surface area contributed by atoms with Gasteiger partial charge in [-0.2, -0.15) is 15.1 Å². The first-order valence-corrected chi connectivity index (χ1v) is 13.9. The number of hydrogen-bond acceptors (Lipinski definition) is 8. The molecule has 9 nitrogen and oxygen atoms in total. The largest absolute Gasteiger partial charge is 0.493 e. The van der Waals surface area contributed by atoms with Crippen LogP contribution in [0.4, 0.5) is 0 Å². The van der Waals surface area contributed by atoms with Gasteiger partial charge >= 0.3 is 0 Å². The molecule has 0 spiro atoms. The first kappa shape index (κ1) is 27.1. The Morgan fingerprint density at radius 1 is 1.05 bits per heavy atom. The molecule has 0 atom stereocenters. The fourth-order valence-corrected chi connectivity index (χ4v) is 5.92. The molecule has 2 heterocycles. The number of nitrogens with zero attached hydrogens (tertiary/aromatic N) is 3. The van der Waals surface area contributed by atoms with E-state index >= 15 is 0 Å². The summed E-state index contributed by atoms with van der Waals surface area (Å²) in [5.41, 5.74) is 0.734. The molecule has 1 N–H and O–H groups in total. The van der Waals surface area contributed by atoms with E-state index in [9.17, 15) is 4.79 Å². The zero-order chi connectivity index (χ0) is 27.4. The van der Waals surface area contributed by atoms with E-state index < -0.39 is 5.91 Å². The third kappa shape index (κ3) is 5.91. The molecule has 1 amide bonds. The summed E-state index contributed by atoms with van der Waals surface area (Å²) in [5, 5.41) is 16.8. The van der Waals surface area contributed by atoms with Crippen molar-refractivity contribution in [3.8, 4) is 23.0 Å². The number of aliphatic imine (C=N–C) groups is 1. The van der Waals surface area contributed by atoms with E-state index in [0.29, 0.717) is 44.7 Å². The summed E-state index contributed by atoms with van der Waals surface area (Å²) in [7, 11) is 3.04. The number of thioether (sulfide) groups is 1. The van der Waals surface area contributed by atoms with Gasteiger partial charge in [0.2, 0.25) is 10.9 Å². The van der Waals surface area contributed by atoms with Gasteiger partial charge in [-0.3, -0.25) is 10.2 Å². The number of hydrazone groups is 1. The van der Waals surface area contributed by atoms with Crippen LogP contribution in [0.2, 0.25) is 5.02 Å². The van der Waals surface area contributed by atoms with Gasteiger partial charge in [0.15, 0.2) is 17.3 Å². The summed E-state index contributed by atoms with van der Waals surface area (Å²) in [4.78, 5) is 17.2. The van der Waals surface area contributed by atoms with Crippen molar-refractivity contribution in [1.82, 2.24) is 5.01 Å². The summed E-state index contributed by atoms with van der Waals surface area (Å²) in [5.74, 6) is 1.67. The molecule has 0 unspecified atom stereocenters. The Kier molecular flexibility index (Phi) is 8.42. The second-order valence-corrected chi connectivity index (χ2v) is 10.6. The van der Waals surface area contributed by atoms with Crippen molar-refractivity contribution in [3.63, 3.8) is 0 Å². The average molecular weight is 569 g/mol. The van der Waals surface area contributed by atoms with Gasteiger partial charge in [0, 0.05) is 5.92 Å². The van der Waals surface area contributed by atoms with Gasteiger partial charge in [-0.25, -0.2) is 0 Å². The standard InChI is InChI=1S/C28H29ClN4O5S/c1-35-22-15-17(16-23(36-2)24(22)38-13-12-37-21-11-7-6-10-20(21)29)14-19-25(30)33-28(31-26(19)34)39-27(32-33)18-8-4-3-5-9-18/h6-7,10-11,14-16,18,30H,3-5,8-9,12-13H2,1-2H3/b19-14+,30-25?. The van der Waals surface area contributed by atoms with Crippen molar-refractivity contribution in [3.05, 3.63) is 52.6 Å². The molecule has 2 aromatic carbocycles. The van der Waals surface area contributed by atoms with E-state index in [0.717, 1.165) is 17.9 Å². The first-order chi connectivity index (χ1) is 19.0. The molecule has 39 heavy (non-hydrogen) atoms. The van der Waals surface area contributed by atoms with Crippen LogP contribution in [0.25, 0.3) is 6.08 Å². The number of para-hydroxylation sites is 1. The number of benzene rings is 2. The Morgan fingerprint density at radius 2 is 1.74 bits per heavy atom. The molecular formula is C28H29ClN4O5S. The summed E-state index contributed by atoms with van der Waals surface area (Å²) in [6.45, 7) is 0.470. The Hall–Kier alpha value is -3.50. The van der Waals surface area contributed by atoms with Crippen molar-refractivity contribution in [2.75, 3.05) is 27.4 Å². The molecular weight excluding hydrogens is 540 g/mol. The van der Waals surface area contributed by atoms with Gasteiger partial charge in [-0.15, -0.1) is 0 Å². The second kappa shape index (κ2) is 12.1. The SMILES string of the molecule is COc1cc(/C=C2\C(=N)N3N=C(C4CCCCC4)SC3=NC2=O)cc(OC)c1OCCOc1ccccc1Cl. The minimum atomic E-state index is -0.478. The maximum Gasteiger partial charge on any atom is 0.283 e. The van der Waals surface area contributed by atoms with E-state index in [4.69, 9.17) is 36.0 Å². The van der Waals surface area contributed by atoms with Crippen LogP contribution in [0, 0.1) is 11.3 Å². The van der Waals surface area contributed by atoms with E-state index in [1.54, 1.807) is 30.3 Å². The van der Waals surface area contributed by atoms with E-state index in [-0.39, 0.29) is 24.6 Å². The van der Waals surface area contributed by atoms with Crippen LogP contribution >= 0.6 is 23.4 Å². The van der Waals surface area contributed by atoms with Crippen molar-refractivity contribution in [2.24, 2.45) is 16.0 Å². The number of carbonyl (C=O) groups excluding carboxylic acids is 1. The minimum Gasteiger partial charge on any atom is -0.493 e. The lowest BCUT2D eigenvalue weighted by Gasteiger charge is -2.20. The summed E-state index contributed by atoms with van der Waals surface area (Å²) in [6.07, 6.45) is 7.35. The first-order valence-electron chi connectivity index (χ1n) is 12.7. The molecule has 0 aromatic heterocycles. The van der Waals surface area contributed by atoms with Gasteiger partial charge in [-0.05, 0) is 60.5 Å². The van der Waals surface area contributed by atoms with Crippen LogP contribution < -0.4 is 18.9 Å². The van der Waals surface area contributed by atoms with Crippen LogP contribution in [-0.4, -0.2) is 54.4 Å².